The number of aryl methyl sites for hydroxylation is 1. The van der Waals surface area contributed by atoms with Gasteiger partial charge in [0.15, 0.2) is 0 Å². The molecule has 0 saturated carbocycles. The summed E-state index contributed by atoms with van der Waals surface area (Å²) in [5, 5.41) is 1.04. The van der Waals surface area contributed by atoms with Gasteiger partial charge in [-0.3, -0.25) is 9.59 Å². The van der Waals surface area contributed by atoms with E-state index in [2.05, 4.69) is 0 Å². The van der Waals surface area contributed by atoms with Crippen LogP contribution in [0.1, 0.15) is 38.7 Å². The summed E-state index contributed by atoms with van der Waals surface area (Å²) < 4.78 is 5.72. The van der Waals surface area contributed by atoms with Crippen LogP contribution in [0.2, 0.25) is 10.0 Å². The van der Waals surface area contributed by atoms with Gasteiger partial charge in [0, 0.05) is 38.5 Å². The van der Waals surface area contributed by atoms with Crippen LogP contribution in [0.25, 0.3) is 0 Å². The van der Waals surface area contributed by atoms with Gasteiger partial charge in [-0.2, -0.15) is 0 Å². The van der Waals surface area contributed by atoms with E-state index >= 15 is 0 Å². The van der Waals surface area contributed by atoms with Crippen molar-refractivity contribution in [1.29, 1.82) is 0 Å². The molecule has 7 heteroatoms. The normalized spacial score (nSPS) is 23.7. The number of ether oxygens (including phenoxy) is 1. The van der Waals surface area contributed by atoms with Crippen molar-refractivity contribution in [2.45, 2.75) is 51.7 Å². The molecule has 0 N–H and O–H groups in total. The molecule has 1 aromatic rings. The third-order valence-corrected chi connectivity index (χ3v) is 6.43. The van der Waals surface area contributed by atoms with Crippen molar-refractivity contribution < 1.29 is 14.3 Å². The van der Waals surface area contributed by atoms with Crippen LogP contribution in [0.5, 0.6) is 0 Å². The van der Waals surface area contributed by atoms with Crippen molar-refractivity contribution in [3.63, 3.8) is 0 Å². The van der Waals surface area contributed by atoms with Crippen LogP contribution in [-0.4, -0.2) is 60.0 Å². The van der Waals surface area contributed by atoms with Crippen LogP contribution in [0.15, 0.2) is 18.2 Å². The van der Waals surface area contributed by atoms with E-state index in [4.69, 9.17) is 27.9 Å². The van der Waals surface area contributed by atoms with Crippen LogP contribution in [0.3, 0.4) is 0 Å². The van der Waals surface area contributed by atoms with E-state index in [1.54, 1.807) is 6.07 Å². The highest BCUT2D eigenvalue weighted by atomic mass is 35.5. The summed E-state index contributed by atoms with van der Waals surface area (Å²) in [6.07, 6.45) is 2.57. The Balaban J connectivity index is 1.47. The van der Waals surface area contributed by atoms with Gasteiger partial charge in [0.05, 0.1) is 22.3 Å². The maximum atomic E-state index is 12.8. The molecule has 0 aliphatic carbocycles. The number of likely N-dealkylation sites (tertiary alicyclic amines) is 1. The summed E-state index contributed by atoms with van der Waals surface area (Å²) in [5.74, 6) is 0.319. The molecule has 2 aliphatic heterocycles. The van der Waals surface area contributed by atoms with Crippen LogP contribution in [-0.2, 0) is 20.7 Å². The molecular weight excluding hydrogens is 399 g/mol. The van der Waals surface area contributed by atoms with Gasteiger partial charge in [-0.05, 0) is 44.7 Å². The number of benzene rings is 1. The number of amides is 2. The first kappa shape index (κ1) is 21.4. The topological polar surface area (TPSA) is 49.9 Å². The van der Waals surface area contributed by atoms with E-state index in [9.17, 15) is 9.59 Å². The Hall–Kier alpha value is -1.30. The van der Waals surface area contributed by atoms with Gasteiger partial charge in [0.2, 0.25) is 11.8 Å². The summed E-state index contributed by atoms with van der Waals surface area (Å²) >= 11 is 12.2. The minimum absolute atomic E-state index is 0.00363. The van der Waals surface area contributed by atoms with Crippen molar-refractivity contribution in [3.8, 4) is 0 Å². The average Bonchev–Trinajstić information content (AvgIpc) is 2.67. The monoisotopic (exact) mass is 426 g/mol. The van der Waals surface area contributed by atoms with Crippen LogP contribution in [0.4, 0.5) is 0 Å². The molecule has 1 aromatic carbocycles. The zero-order valence-electron chi connectivity index (χ0n) is 16.5. The van der Waals surface area contributed by atoms with E-state index in [-0.39, 0.29) is 29.9 Å². The second-order valence-electron chi connectivity index (χ2n) is 7.87. The van der Waals surface area contributed by atoms with Crippen LogP contribution >= 0.6 is 23.2 Å². The van der Waals surface area contributed by atoms with E-state index in [0.29, 0.717) is 49.1 Å². The van der Waals surface area contributed by atoms with Crippen LogP contribution < -0.4 is 0 Å². The quantitative estimate of drug-likeness (QED) is 0.735. The number of piperidine rings is 1. The first-order valence-electron chi connectivity index (χ1n) is 10.00. The number of carbonyl (C=O) groups is 2. The lowest BCUT2D eigenvalue weighted by atomic mass is 9.94. The fourth-order valence-corrected chi connectivity index (χ4v) is 4.55. The number of rotatable bonds is 4. The predicted octanol–water partition coefficient (Wildman–Crippen LogP) is 3.80. The molecule has 154 valence electrons. The maximum absolute atomic E-state index is 12.8. The molecule has 5 nitrogen and oxygen atoms in total. The Kier molecular flexibility index (Phi) is 7.24. The molecular formula is C21H28Cl2N2O3. The summed E-state index contributed by atoms with van der Waals surface area (Å²) in [7, 11) is 0. The van der Waals surface area contributed by atoms with Gasteiger partial charge in [0.1, 0.15) is 0 Å². The Bertz CT molecular complexity index is 710. The molecule has 2 aliphatic rings. The Morgan fingerprint density at radius 1 is 1.07 bits per heavy atom. The number of nitrogens with zero attached hydrogens (tertiary/aromatic N) is 2. The average molecular weight is 427 g/mol. The van der Waals surface area contributed by atoms with Gasteiger partial charge in [0.25, 0.3) is 0 Å². The molecule has 2 heterocycles. The minimum atomic E-state index is 0.00363. The Morgan fingerprint density at radius 3 is 2.36 bits per heavy atom. The molecule has 2 fully saturated rings. The second-order valence-corrected chi connectivity index (χ2v) is 8.65. The number of hydrogen-bond donors (Lipinski definition) is 0. The largest absolute Gasteiger partial charge is 0.372 e. The molecule has 0 spiro atoms. The molecule has 0 bridgehead atoms. The zero-order chi connectivity index (χ0) is 20.3. The predicted molar refractivity (Wildman–Crippen MR) is 111 cm³/mol. The lowest BCUT2D eigenvalue weighted by molar-refractivity contribution is -0.150. The molecule has 2 amide bonds. The van der Waals surface area contributed by atoms with Crippen molar-refractivity contribution in [3.05, 3.63) is 33.8 Å². The zero-order valence-corrected chi connectivity index (χ0v) is 18.0. The molecule has 28 heavy (non-hydrogen) atoms. The Labute approximate surface area is 176 Å². The molecule has 0 radical (unpaired) electrons. The van der Waals surface area contributed by atoms with Gasteiger partial charge in [-0.25, -0.2) is 0 Å². The maximum Gasteiger partial charge on any atom is 0.225 e. The fourth-order valence-electron chi connectivity index (χ4n) is 4.13. The summed E-state index contributed by atoms with van der Waals surface area (Å²) in [5.41, 5.74) is 0.892. The third kappa shape index (κ3) is 5.19. The van der Waals surface area contributed by atoms with Gasteiger partial charge in [-0.1, -0.05) is 35.3 Å². The minimum Gasteiger partial charge on any atom is -0.372 e. The number of halogens is 2. The first-order chi connectivity index (χ1) is 13.3. The second kappa shape index (κ2) is 9.47. The summed E-state index contributed by atoms with van der Waals surface area (Å²) in [6, 6.07) is 5.49. The van der Waals surface area contributed by atoms with Crippen molar-refractivity contribution >= 4 is 35.0 Å². The number of hydrogen-bond acceptors (Lipinski definition) is 3. The summed E-state index contributed by atoms with van der Waals surface area (Å²) in [6.45, 7) is 6.58. The standard InChI is InChI=1S/C21H28Cl2N2O3/c1-14-12-25(13-15(2)28-14)21(27)17-8-10-24(11-9-17)19(26)7-6-16-4-3-5-18(22)20(16)23/h3-5,14-15,17H,6-13H2,1-2H3/t14-,15+. The fraction of sp³-hybridized carbons (Fsp3) is 0.619. The van der Waals surface area contributed by atoms with Crippen molar-refractivity contribution in [1.82, 2.24) is 9.80 Å². The van der Waals surface area contributed by atoms with Gasteiger partial charge >= 0.3 is 0 Å². The SMILES string of the molecule is C[C@@H]1CN(C(=O)C2CCN(C(=O)CCc3cccc(Cl)c3Cl)CC2)C[C@H](C)O1. The lowest BCUT2D eigenvalue weighted by Gasteiger charge is -2.39. The van der Waals surface area contributed by atoms with E-state index in [1.165, 1.54) is 0 Å². The number of morpholine rings is 1. The molecule has 3 rings (SSSR count). The van der Waals surface area contributed by atoms with E-state index < -0.39 is 0 Å². The van der Waals surface area contributed by atoms with E-state index in [0.717, 1.165) is 18.4 Å². The first-order valence-corrected chi connectivity index (χ1v) is 10.8. The highest BCUT2D eigenvalue weighted by Crippen LogP contribution is 2.27. The van der Waals surface area contributed by atoms with Gasteiger partial charge in [-0.15, -0.1) is 0 Å². The van der Waals surface area contributed by atoms with Crippen molar-refractivity contribution in [2.75, 3.05) is 26.2 Å². The highest BCUT2D eigenvalue weighted by Gasteiger charge is 2.33. The smallest absolute Gasteiger partial charge is 0.225 e. The van der Waals surface area contributed by atoms with Crippen LogP contribution in [0, 0.1) is 5.92 Å². The summed E-state index contributed by atoms with van der Waals surface area (Å²) in [4.78, 5) is 29.2. The van der Waals surface area contributed by atoms with E-state index in [1.807, 2.05) is 35.8 Å². The highest BCUT2D eigenvalue weighted by molar-refractivity contribution is 6.42. The Morgan fingerprint density at radius 2 is 1.71 bits per heavy atom. The number of carbonyl (C=O) groups excluding carboxylic acids is 2. The lowest BCUT2D eigenvalue weighted by Crippen LogP contribution is -2.51. The third-order valence-electron chi connectivity index (χ3n) is 5.57. The molecule has 0 unspecified atom stereocenters. The van der Waals surface area contributed by atoms with Crippen molar-refractivity contribution in [2.24, 2.45) is 5.92 Å². The van der Waals surface area contributed by atoms with Gasteiger partial charge < -0.3 is 14.5 Å². The molecule has 2 saturated heterocycles. The molecule has 2 atom stereocenters. The molecule has 0 aromatic heterocycles.